The van der Waals surface area contributed by atoms with Crippen molar-refractivity contribution in [1.82, 2.24) is 3.97 Å². The van der Waals surface area contributed by atoms with Gasteiger partial charge in [0, 0.05) is 50.6 Å². The molecule has 170 valence electrons. The molecule has 33 heavy (non-hydrogen) atoms. The number of hydrogen-bond donors (Lipinski definition) is 4. The van der Waals surface area contributed by atoms with E-state index in [9.17, 15) is 9.00 Å². The van der Waals surface area contributed by atoms with Crippen molar-refractivity contribution in [3.8, 4) is 0 Å². The molecule has 3 rings (SSSR count). The number of nitrogens with two attached hydrogens (primary N) is 1. The summed E-state index contributed by atoms with van der Waals surface area (Å²) >= 11 is 0. The number of aliphatic imine (C=N–C) groups is 1. The Balaban J connectivity index is 1.74. The van der Waals surface area contributed by atoms with Gasteiger partial charge in [-0.2, -0.15) is 0 Å². The van der Waals surface area contributed by atoms with Gasteiger partial charge in [-0.25, -0.2) is 8.99 Å². The molecule has 1 unspecified atom stereocenters. The van der Waals surface area contributed by atoms with Crippen LogP contribution < -0.4 is 16.4 Å². The van der Waals surface area contributed by atoms with E-state index in [-0.39, 0.29) is 5.91 Å². The largest absolute Gasteiger partial charge is 0.404 e. The number of anilines is 2. The average Bonchev–Trinajstić information content (AvgIpc) is 3.32. The molecule has 8 nitrogen and oxygen atoms in total. The zero-order chi connectivity index (χ0) is 23.8. The number of aromatic nitrogens is 1. The van der Waals surface area contributed by atoms with Crippen molar-refractivity contribution in [3.05, 3.63) is 90.4 Å². The Hall–Kier alpha value is -4.11. The Bertz CT molecular complexity index is 1320. The van der Waals surface area contributed by atoms with Gasteiger partial charge in [0.25, 0.3) is 0 Å². The molecule has 1 amide bonds. The maximum Gasteiger partial charge on any atom is 0.248 e. The molecule has 9 heteroatoms. The van der Waals surface area contributed by atoms with Crippen molar-refractivity contribution in [2.45, 2.75) is 4.90 Å². The van der Waals surface area contributed by atoms with E-state index in [2.05, 4.69) is 15.6 Å². The summed E-state index contributed by atoms with van der Waals surface area (Å²) in [5.74, 6) is -0.299. The summed E-state index contributed by atoms with van der Waals surface area (Å²) in [7, 11) is 0.145. The molecule has 0 fully saturated rings. The highest BCUT2D eigenvalue weighted by molar-refractivity contribution is 7.91. The van der Waals surface area contributed by atoms with E-state index in [4.69, 9.17) is 10.5 Å². The van der Waals surface area contributed by atoms with Crippen LogP contribution in [0.5, 0.6) is 0 Å². The van der Waals surface area contributed by atoms with E-state index in [1.807, 2.05) is 18.2 Å². The molecule has 0 aliphatic heterocycles. The zero-order valence-corrected chi connectivity index (χ0v) is 19.2. The van der Waals surface area contributed by atoms with Gasteiger partial charge < -0.3 is 16.4 Å². The number of para-hydroxylation sites is 2. The van der Waals surface area contributed by atoms with Crippen LogP contribution in [0.3, 0.4) is 0 Å². The lowest BCUT2D eigenvalue weighted by molar-refractivity contribution is -0.111. The van der Waals surface area contributed by atoms with Crippen LogP contribution in [0.25, 0.3) is 11.6 Å². The number of amides is 1. The zero-order valence-electron chi connectivity index (χ0n) is 18.4. The fraction of sp³-hybridized carbons (Fsp3) is 0.0833. The van der Waals surface area contributed by atoms with E-state index in [1.165, 1.54) is 16.2 Å². The Labute approximate surface area is 193 Å². The molecule has 1 atom stereocenters. The van der Waals surface area contributed by atoms with Gasteiger partial charge in [0.2, 0.25) is 5.91 Å². The third kappa shape index (κ3) is 5.58. The monoisotopic (exact) mass is 462 g/mol. The highest BCUT2D eigenvalue weighted by Crippen LogP contribution is 2.21. The first-order chi connectivity index (χ1) is 15.9. The molecule has 5 N–H and O–H groups in total. The van der Waals surface area contributed by atoms with Gasteiger partial charge in [-0.3, -0.25) is 13.8 Å². The van der Waals surface area contributed by atoms with Crippen molar-refractivity contribution in [2.24, 2.45) is 10.7 Å². The molecule has 2 aromatic carbocycles. The minimum Gasteiger partial charge on any atom is -0.404 e. The molecule has 0 spiro atoms. The van der Waals surface area contributed by atoms with Crippen molar-refractivity contribution < 1.29 is 9.00 Å². The average molecular weight is 463 g/mol. The maximum absolute atomic E-state index is 13.2. The Morgan fingerprint density at radius 3 is 2.45 bits per heavy atom. The van der Waals surface area contributed by atoms with Crippen LogP contribution in [0, 0.1) is 4.78 Å². The van der Waals surface area contributed by atoms with Crippen molar-refractivity contribution in [2.75, 3.05) is 24.7 Å². The molecule has 0 radical (unpaired) electrons. The molecule has 0 aliphatic carbocycles. The second kappa shape index (κ2) is 10.5. The molecular weight excluding hydrogens is 436 g/mol. The van der Waals surface area contributed by atoms with Crippen LogP contribution in [-0.4, -0.2) is 34.4 Å². The second-order valence-corrected chi connectivity index (χ2v) is 8.93. The smallest absolute Gasteiger partial charge is 0.248 e. The molecule has 0 saturated heterocycles. The number of rotatable bonds is 8. The SMILES string of the molecule is CN=CC(=CN)c1ccc(S(=N)(=O)n2ccc(/C=C/C(=O)Nc3ccccc3NC)c2)cc1. The van der Waals surface area contributed by atoms with E-state index < -0.39 is 9.92 Å². The van der Waals surface area contributed by atoms with E-state index in [0.717, 1.165) is 16.8 Å². The highest BCUT2D eigenvalue weighted by Gasteiger charge is 2.13. The van der Waals surface area contributed by atoms with Crippen LogP contribution in [0.15, 0.2) is 89.2 Å². The molecule has 1 heterocycles. The number of allylic oxidation sites excluding steroid dienone is 1. The molecule has 0 saturated carbocycles. The first-order valence-electron chi connectivity index (χ1n) is 10.1. The fourth-order valence-electron chi connectivity index (χ4n) is 3.11. The predicted octanol–water partition coefficient (Wildman–Crippen LogP) is 4.05. The number of nitrogens with one attached hydrogen (secondary N) is 3. The Morgan fingerprint density at radius 2 is 1.82 bits per heavy atom. The maximum atomic E-state index is 13.2. The highest BCUT2D eigenvalue weighted by atomic mass is 32.2. The fourth-order valence-corrected chi connectivity index (χ4v) is 4.36. The number of benzene rings is 2. The Morgan fingerprint density at radius 1 is 1.12 bits per heavy atom. The van der Waals surface area contributed by atoms with Crippen molar-refractivity contribution >= 4 is 45.1 Å². The summed E-state index contributed by atoms with van der Waals surface area (Å²) in [6, 6.07) is 15.8. The van der Waals surface area contributed by atoms with Gasteiger partial charge in [0.1, 0.15) is 0 Å². The van der Waals surface area contributed by atoms with Crippen molar-refractivity contribution in [1.29, 1.82) is 4.78 Å². The lowest BCUT2D eigenvalue weighted by atomic mass is 10.1. The number of hydrogen-bond acceptors (Lipinski definition) is 6. The number of carbonyl (C=O) groups is 1. The molecule has 1 aromatic heterocycles. The van der Waals surface area contributed by atoms with Crippen LogP contribution in [-0.2, 0) is 14.7 Å². The summed E-state index contributed by atoms with van der Waals surface area (Å²) in [5, 5.41) is 5.83. The molecule has 3 aromatic rings. The van der Waals surface area contributed by atoms with Crippen molar-refractivity contribution in [3.63, 3.8) is 0 Å². The van der Waals surface area contributed by atoms with E-state index >= 15 is 0 Å². The Kier molecular flexibility index (Phi) is 7.47. The van der Waals surface area contributed by atoms with Crippen LogP contribution in [0.1, 0.15) is 11.1 Å². The quantitative estimate of drug-likeness (QED) is 0.298. The van der Waals surface area contributed by atoms with Gasteiger partial charge in [0.15, 0.2) is 9.92 Å². The van der Waals surface area contributed by atoms with Crippen LogP contribution >= 0.6 is 0 Å². The molecule has 0 aliphatic rings. The van der Waals surface area contributed by atoms with Gasteiger partial charge in [-0.05, 0) is 47.5 Å². The van der Waals surface area contributed by atoms with Gasteiger partial charge in [-0.1, -0.05) is 24.3 Å². The molecular formula is C24H26N6O2S. The van der Waals surface area contributed by atoms with E-state index in [0.29, 0.717) is 16.1 Å². The summed E-state index contributed by atoms with van der Waals surface area (Å²) in [6.07, 6.45) is 9.20. The summed E-state index contributed by atoms with van der Waals surface area (Å²) in [4.78, 5) is 16.6. The standard InChI is InChI=1S/C24H26N6O2S/c1-27-16-20(15-25)19-8-10-21(11-9-19)33(26,32)30-14-13-18(17-30)7-12-24(31)29-23-6-4-3-5-22(23)28-2/h3-17,26,28H,25H2,1-2H3,(H,29,31)/b12-7+,20-15?,27-16?. The van der Waals surface area contributed by atoms with Crippen LogP contribution in [0.2, 0.25) is 0 Å². The third-order valence-electron chi connectivity index (χ3n) is 4.82. The summed E-state index contributed by atoms with van der Waals surface area (Å²) < 4.78 is 23.0. The topological polar surface area (TPSA) is 125 Å². The lowest BCUT2D eigenvalue weighted by Gasteiger charge is -2.10. The predicted molar refractivity (Wildman–Crippen MR) is 136 cm³/mol. The first kappa shape index (κ1) is 23.6. The van der Waals surface area contributed by atoms with Crippen LogP contribution in [0.4, 0.5) is 11.4 Å². The minimum atomic E-state index is -3.29. The third-order valence-corrected chi connectivity index (χ3v) is 6.56. The van der Waals surface area contributed by atoms with Gasteiger partial charge >= 0.3 is 0 Å². The molecule has 0 bridgehead atoms. The normalized spacial score (nSPS) is 13.8. The second-order valence-electron chi connectivity index (χ2n) is 6.98. The number of carbonyl (C=O) groups excluding carboxylic acids is 1. The first-order valence-corrected chi connectivity index (χ1v) is 11.6. The number of nitrogens with zero attached hydrogens (tertiary/aromatic N) is 2. The van der Waals surface area contributed by atoms with Gasteiger partial charge in [-0.15, -0.1) is 0 Å². The summed E-state index contributed by atoms with van der Waals surface area (Å²) in [6.45, 7) is 0. The van der Waals surface area contributed by atoms with Gasteiger partial charge in [0.05, 0.1) is 16.3 Å². The lowest BCUT2D eigenvalue weighted by Crippen LogP contribution is -2.09. The minimum absolute atomic E-state index is 0.299. The van der Waals surface area contributed by atoms with E-state index in [1.54, 1.807) is 75.2 Å². The summed E-state index contributed by atoms with van der Waals surface area (Å²) in [5.41, 5.74) is 9.29.